The normalized spacial score (nSPS) is 15.9. The summed E-state index contributed by atoms with van der Waals surface area (Å²) in [5.74, 6) is -1.91. The second kappa shape index (κ2) is 6.72. The molecule has 0 aromatic carbocycles. The van der Waals surface area contributed by atoms with Gasteiger partial charge in [-0.25, -0.2) is 4.79 Å². The van der Waals surface area contributed by atoms with Crippen LogP contribution in [0.2, 0.25) is 0 Å². The quantitative estimate of drug-likeness (QED) is 0.685. The van der Waals surface area contributed by atoms with Crippen LogP contribution in [0, 0.1) is 5.41 Å². The van der Waals surface area contributed by atoms with Gasteiger partial charge in [-0.3, -0.25) is 9.59 Å². The van der Waals surface area contributed by atoms with E-state index in [0.717, 1.165) is 0 Å². The summed E-state index contributed by atoms with van der Waals surface area (Å²) < 4.78 is 0. The van der Waals surface area contributed by atoms with E-state index >= 15 is 0 Å². The van der Waals surface area contributed by atoms with E-state index in [1.54, 1.807) is 0 Å². The van der Waals surface area contributed by atoms with Crippen molar-refractivity contribution in [1.29, 1.82) is 0 Å². The summed E-state index contributed by atoms with van der Waals surface area (Å²) in [5, 5.41) is 14.3. The number of nitrogens with one attached hydrogen (secondary N) is 2. The number of carboxylic acid groups (broad SMARTS) is 1. The molecule has 20 heavy (non-hydrogen) atoms. The Labute approximate surface area is 120 Å². The molecule has 0 aromatic rings. The summed E-state index contributed by atoms with van der Waals surface area (Å²) in [4.78, 5) is 34.3. The van der Waals surface area contributed by atoms with Crippen LogP contribution in [0.15, 0.2) is 0 Å². The molecule has 6 nitrogen and oxygen atoms in total. The van der Waals surface area contributed by atoms with Crippen LogP contribution in [0.3, 0.4) is 0 Å². The van der Waals surface area contributed by atoms with Crippen molar-refractivity contribution in [2.45, 2.75) is 66.0 Å². The van der Waals surface area contributed by atoms with Gasteiger partial charge in [-0.2, -0.15) is 0 Å². The third-order valence-corrected chi connectivity index (χ3v) is 3.06. The van der Waals surface area contributed by atoms with E-state index in [0.29, 0.717) is 12.8 Å². The topological polar surface area (TPSA) is 95.5 Å². The molecule has 2 amide bonds. The van der Waals surface area contributed by atoms with Gasteiger partial charge in [-0.1, -0.05) is 20.8 Å². The highest BCUT2D eigenvalue weighted by molar-refractivity contribution is 5.91. The molecule has 0 aliphatic carbocycles. The van der Waals surface area contributed by atoms with Gasteiger partial charge in [-0.15, -0.1) is 0 Å². The van der Waals surface area contributed by atoms with E-state index in [9.17, 15) is 19.5 Å². The largest absolute Gasteiger partial charge is 0.480 e. The van der Waals surface area contributed by atoms with Crippen LogP contribution in [-0.2, 0) is 14.4 Å². The number of aliphatic carboxylic acids is 1. The molecule has 0 aromatic heterocycles. The molecule has 0 radical (unpaired) electrons. The zero-order chi connectivity index (χ0) is 16.1. The SMILES string of the molecule is CC(=O)N[C@@H](C)C(=O)N[C@@](C)(CCC(C)(C)C)C(=O)O. The Kier molecular flexibility index (Phi) is 6.19. The van der Waals surface area contributed by atoms with Crippen molar-refractivity contribution in [2.24, 2.45) is 5.41 Å². The smallest absolute Gasteiger partial charge is 0.329 e. The van der Waals surface area contributed by atoms with Gasteiger partial charge in [0.1, 0.15) is 11.6 Å². The van der Waals surface area contributed by atoms with E-state index < -0.39 is 23.5 Å². The predicted molar refractivity (Wildman–Crippen MR) is 76.2 cm³/mol. The monoisotopic (exact) mass is 286 g/mol. The molecule has 0 saturated carbocycles. The van der Waals surface area contributed by atoms with Crippen LogP contribution in [0.4, 0.5) is 0 Å². The van der Waals surface area contributed by atoms with E-state index in [2.05, 4.69) is 10.6 Å². The molecule has 0 unspecified atom stereocenters. The Hall–Kier alpha value is -1.59. The summed E-state index contributed by atoms with van der Waals surface area (Å²) in [7, 11) is 0. The standard InChI is InChI=1S/C14H26N2O4/c1-9(15-10(2)17)11(18)16-14(6,12(19)20)8-7-13(3,4)5/h9H,7-8H2,1-6H3,(H,15,17)(H,16,18)(H,19,20)/t9-,14-/m0/s1. The molecule has 116 valence electrons. The first-order chi connectivity index (χ1) is 8.87. The molecule has 0 rings (SSSR count). The Bertz CT molecular complexity index is 387. The summed E-state index contributed by atoms with van der Waals surface area (Å²) in [6.45, 7) is 10.3. The lowest BCUT2D eigenvalue weighted by Gasteiger charge is -2.30. The number of hydrogen-bond acceptors (Lipinski definition) is 3. The van der Waals surface area contributed by atoms with Gasteiger partial charge in [0.05, 0.1) is 0 Å². The maximum Gasteiger partial charge on any atom is 0.329 e. The van der Waals surface area contributed by atoms with Crippen molar-refractivity contribution in [3.8, 4) is 0 Å². The van der Waals surface area contributed by atoms with Crippen LogP contribution >= 0.6 is 0 Å². The molecule has 0 aliphatic rings. The fraction of sp³-hybridized carbons (Fsp3) is 0.786. The molecular formula is C14H26N2O4. The van der Waals surface area contributed by atoms with Gasteiger partial charge < -0.3 is 15.7 Å². The van der Waals surface area contributed by atoms with Crippen LogP contribution < -0.4 is 10.6 Å². The fourth-order valence-electron chi connectivity index (χ4n) is 1.60. The van der Waals surface area contributed by atoms with E-state index in [1.807, 2.05) is 20.8 Å². The van der Waals surface area contributed by atoms with Crippen molar-refractivity contribution < 1.29 is 19.5 Å². The molecule has 0 heterocycles. The minimum atomic E-state index is -1.34. The molecule has 0 aliphatic heterocycles. The number of carbonyl (C=O) groups excluding carboxylic acids is 2. The molecule has 3 N–H and O–H groups in total. The molecular weight excluding hydrogens is 260 g/mol. The fourth-order valence-corrected chi connectivity index (χ4v) is 1.60. The second-order valence-electron chi connectivity index (χ2n) is 6.61. The van der Waals surface area contributed by atoms with E-state index in [1.165, 1.54) is 20.8 Å². The van der Waals surface area contributed by atoms with Crippen molar-refractivity contribution in [2.75, 3.05) is 0 Å². The Balaban J connectivity index is 4.80. The van der Waals surface area contributed by atoms with Crippen molar-refractivity contribution in [3.63, 3.8) is 0 Å². The van der Waals surface area contributed by atoms with Gasteiger partial charge in [0, 0.05) is 6.92 Å². The van der Waals surface area contributed by atoms with Crippen molar-refractivity contribution in [1.82, 2.24) is 10.6 Å². The first-order valence-electron chi connectivity index (χ1n) is 6.70. The molecule has 0 bridgehead atoms. The Morgan fingerprint density at radius 2 is 1.60 bits per heavy atom. The molecule has 0 saturated heterocycles. The molecule has 2 atom stereocenters. The average molecular weight is 286 g/mol. The highest BCUT2D eigenvalue weighted by Crippen LogP contribution is 2.25. The lowest BCUT2D eigenvalue weighted by molar-refractivity contribution is -0.147. The summed E-state index contributed by atoms with van der Waals surface area (Å²) in [5.41, 5.74) is -1.36. The first kappa shape index (κ1) is 18.4. The number of hydrogen-bond donors (Lipinski definition) is 3. The summed E-state index contributed by atoms with van der Waals surface area (Å²) in [6.07, 6.45) is 0.981. The number of carboxylic acids is 1. The zero-order valence-corrected chi connectivity index (χ0v) is 13.2. The van der Waals surface area contributed by atoms with Crippen LogP contribution in [-0.4, -0.2) is 34.5 Å². The summed E-state index contributed by atoms with van der Waals surface area (Å²) in [6, 6.07) is -0.763. The highest BCUT2D eigenvalue weighted by atomic mass is 16.4. The summed E-state index contributed by atoms with van der Waals surface area (Å²) >= 11 is 0. The highest BCUT2D eigenvalue weighted by Gasteiger charge is 2.36. The predicted octanol–water partition coefficient (Wildman–Crippen LogP) is 1.30. The van der Waals surface area contributed by atoms with Crippen molar-refractivity contribution >= 4 is 17.8 Å². The van der Waals surface area contributed by atoms with Gasteiger partial charge in [0.15, 0.2) is 0 Å². The zero-order valence-electron chi connectivity index (χ0n) is 13.2. The van der Waals surface area contributed by atoms with Gasteiger partial charge in [0.25, 0.3) is 0 Å². The maximum atomic E-state index is 11.9. The number of carbonyl (C=O) groups is 3. The lowest BCUT2D eigenvalue weighted by atomic mass is 9.84. The average Bonchev–Trinajstić information content (AvgIpc) is 2.24. The number of rotatable bonds is 6. The van der Waals surface area contributed by atoms with Crippen LogP contribution in [0.25, 0.3) is 0 Å². The third-order valence-electron chi connectivity index (χ3n) is 3.06. The van der Waals surface area contributed by atoms with Crippen molar-refractivity contribution in [3.05, 3.63) is 0 Å². The third kappa shape index (κ3) is 6.54. The first-order valence-corrected chi connectivity index (χ1v) is 6.70. The second-order valence-corrected chi connectivity index (χ2v) is 6.61. The molecule has 6 heteroatoms. The van der Waals surface area contributed by atoms with Crippen LogP contribution in [0.5, 0.6) is 0 Å². The van der Waals surface area contributed by atoms with E-state index in [4.69, 9.17) is 0 Å². The van der Waals surface area contributed by atoms with Gasteiger partial charge in [0.2, 0.25) is 11.8 Å². The Morgan fingerprint density at radius 3 is 1.95 bits per heavy atom. The Morgan fingerprint density at radius 1 is 1.10 bits per heavy atom. The minimum Gasteiger partial charge on any atom is -0.480 e. The van der Waals surface area contributed by atoms with Gasteiger partial charge >= 0.3 is 5.97 Å². The van der Waals surface area contributed by atoms with Gasteiger partial charge in [-0.05, 0) is 32.1 Å². The maximum absolute atomic E-state index is 11.9. The van der Waals surface area contributed by atoms with E-state index in [-0.39, 0.29) is 11.3 Å². The molecule has 0 spiro atoms. The minimum absolute atomic E-state index is 0.0231. The number of amides is 2. The lowest BCUT2D eigenvalue weighted by Crippen LogP contribution is -2.57. The molecule has 0 fully saturated rings. The van der Waals surface area contributed by atoms with Crippen LogP contribution in [0.1, 0.15) is 54.4 Å².